The summed E-state index contributed by atoms with van der Waals surface area (Å²) >= 11 is 0. The lowest BCUT2D eigenvalue weighted by Gasteiger charge is -2.12. The quantitative estimate of drug-likeness (QED) is 0.362. The molecule has 0 aromatic heterocycles. The molecule has 0 radical (unpaired) electrons. The molecular weight excluding hydrogens is 296 g/mol. The van der Waals surface area contributed by atoms with E-state index >= 15 is 0 Å². The van der Waals surface area contributed by atoms with Gasteiger partial charge in [0.2, 0.25) is 5.91 Å². The number of ether oxygens (including phenoxy) is 2. The first-order valence-corrected chi connectivity index (χ1v) is 7.67. The largest absolute Gasteiger partial charge is 0.492 e. The number of carbonyl (C=O) groups is 1. The number of rotatable bonds is 9. The van der Waals surface area contributed by atoms with Crippen LogP contribution in [0.1, 0.15) is 13.8 Å². The molecule has 3 N–H and O–H groups in total. The van der Waals surface area contributed by atoms with Crippen molar-refractivity contribution in [3.05, 3.63) is 24.3 Å². The van der Waals surface area contributed by atoms with Gasteiger partial charge < -0.3 is 25.4 Å². The maximum absolute atomic E-state index is 11.0. The van der Waals surface area contributed by atoms with Crippen molar-refractivity contribution in [1.82, 2.24) is 10.6 Å². The summed E-state index contributed by atoms with van der Waals surface area (Å²) in [5.41, 5.74) is 0.720. The highest BCUT2D eigenvalue weighted by molar-refractivity contribution is 5.88. The monoisotopic (exact) mass is 322 g/mol. The van der Waals surface area contributed by atoms with Gasteiger partial charge in [0, 0.05) is 32.3 Å². The minimum absolute atomic E-state index is 0.105. The van der Waals surface area contributed by atoms with E-state index < -0.39 is 0 Å². The summed E-state index contributed by atoms with van der Waals surface area (Å²) in [6.45, 7) is 6.56. The van der Waals surface area contributed by atoms with Gasteiger partial charge in [-0.15, -0.1) is 0 Å². The second-order valence-electron chi connectivity index (χ2n) is 4.74. The van der Waals surface area contributed by atoms with E-state index in [2.05, 4.69) is 20.9 Å². The molecule has 0 heterocycles. The zero-order valence-corrected chi connectivity index (χ0v) is 14.0. The van der Waals surface area contributed by atoms with E-state index in [1.54, 1.807) is 13.2 Å². The van der Waals surface area contributed by atoms with Gasteiger partial charge in [-0.25, -0.2) is 0 Å². The van der Waals surface area contributed by atoms with Crippen LogP contribution in [0.5, 0.6) is 5.75 Å². The maximum Gasteiger partial charge on any atom is 0.221 e. The fourth-order valence-corrected chi connectivity index (χ4v) is 1.80. The average molecular weight is 322 g/mol. The Balaban J connectivity index is 2.37. The van der Waals surface area contributed by atoms with Crippen LogP contribution in [-0.2, 0) is 9.53 Å². The fraction of sp³-hybridized carbons (Fsp3) is 0.500. The Kier molecular flexibility index (Phi) is 9.23. The summed E-state index contributed by atoms with van der Waals surface area (Å²) in [4.78, 5) is 15.4. The van der Waals surface area contributed by atoms with Crippen LogP contribution in [0.2, 0.25) is 0 Å². The third kappa shape index (κ3) is 8.67. The van der Waals surface area contributed by atoms with Crippen molar-refractivity contribution in [1.29, 1.82) is 0 Å². The van der Waals surface area contributed by atoms with Gasteiger partial charge in [-0.05, 0) is 19.1 Å². The van der Waals surface area contributed by atoms with Gasteiger partial charge in [0.15, 0.2) is 5.96 Å². The summed E-state index contributed by atoms with van der Waals surface area (Å²) < 4.78 is 10.6. The number of nitrogens with one attached hydrogen (secondary N) is 3. The number of hydrogen-bond acceptors (Lipinski definition) is 4. The molecule has 128 valence electrons. The van der Waals surface area contributed by atoms with Crippen LogP contribution in [-0.4, -0.2) is 51.8 Å². The predicted molar refractivity (Wildman–Crippen MR) is 92.1 cm³/mol. The molecule has 0 spiro atoms. The molecule has 1 aromatic carbocycles. The number of carbonyl (C=O) groups excluding carboxylic acids is 1. The highest BCUT2D eigenvalue weighted by atomic mass is 16.5. The van der Waals surface area contributed by atoms with Crippen LogP contribution in [0.25, 0.3) is 0 Å². The van der Waals surface area contributed by atoms with E-state index in [1.807, 2.05) is 25.1 Å². The minimum Gasteiger partial charge on any atom is -0.492 e. The smallest absolute Gasteiger partial charge is 0.221 e. The fourth-order valence-electron chi connectivity index (χ4n) is 1.80. The number of anilines is 1. The van der Waals surface area contributed by atoms with E-state index in [4.69, 9.17) is 9.47 Å². The van der Waals surface area contributed by atoms with Gasteiger partial charge >= 0.3 is 0 Å². The zero-order chi connectivity index (χ0) is 16.9. The molecule has 0 unspecified atom stereocenters. The molecule has 0 atom stereocenters. The van der Waals surface area contributed by atoms with Gasteiger partial charge in [-0.2, -0.15) is 0 Å². The van der Waals surface area contributed by atoms with Crippen LogP contribution in [0.15, 0.2) is 29.3 Å². The lowest BCUT2D eigenvalue weighted by Crippen LogP contribution is -2.39. The Labute approximate surface area is 137 Å². The van der Waals surface area contributed by atoms with Crippen LogP contribution in [0.4, 0.5) is 5.69 Å². The van der Waals surface area contributed by atoms with E-state index in [0.29, 0.717) is 32.1 Å². The molecule has 0 aliphatic heterocycles. The standard InChI is InChI=1S/C16H26N4O3/c1-4-17-16(18-8-10-22-3)19-9-11-23-15-7-5-6-14(12-15)20-13(2)21/h5-7,12H,4,8-11H2,1-3H3,(H,20,21)(H2,17,18,19). The second-order valence-corrected chi connectivity index (χ2v) is 4.74. The van der Waals surface area contributed by atoms with Crippen LogP contribution in [0.3, 0.4) is 0 Å². The molecule has 1 aromatic rings. The van der Waals surface area contributed by atoms with E-state index in [-0.39, 0.29) is 5.91 Å². The SMILES string of the molecule is CCNC(=NCCOC)NCCOc1cccc(NC(C)=O)c1. The number of guanidine groups is 1. The molecule has 23 heavy (non-hydrogen) atoms. The van der Waals surface area contributed by atoms with E-state index in [1.165, 1.54) is 6.92 Å². The molecule has 0 bridgehead atoms. The van der Waals surface area contributed by atoms with Crippen LogP contribution in [0, 0.1) is 0 Å². The Morgan fingerprint density at radius 2 is 2.09 bits per heavy atom. The zero-order valence-electron chi connectivity index (χ0n) is 14.0. The number of hydrogen-bond donors (Lipinski definition) is 3. The second kappa shape index (κ2) is 11.3. The first-order chi connectivity index (χ1) is 11.2. The van der Waals surface area contributed by atoms with Crippen molar-refractivity contribution in [3.8, 4) is 5.75 Å². The van der Waals surface area contributed by atoms with Crippen molar-refractivity contribution in [3.63, 3.8) is 0 Å². The molecule has 7 heteroatoms. The van der Waals surface area contributed by atoms with Gasteiger partial charge in [-0.3, -0.25) is 9.79 Å². The van der Waals surface area contributed by atoms with Crippen molar-refractivity contribution < 1.29 is 14.3 Å². The van der Waals surface area contributed by atoms with Crippen LogP contribution >= 0.6 is 0 Å². The van der Waals surface area contributed by atoms with Crippen molar-refractivity contribution in [2.75, 3.05) is 45.3 Å². The molecule has 0 saturated carbocycles. The van der Waals surface area contributed by atoms with Crippen molar-refractivity contribution in [2.45, 2.75) is 13.8 Å². The topological polar surface area (TPSA) is 84.0 Å². The van der Waals surface area contributed by atoms with E-state index in [9.17, 15) is 4.79 Å². The predicted octanol–water partition coefficient (Wildman–Crippen LogP) is 1.23. The highest BCUT2D eigenvalue weighted by Crippen LogP contribution is 2.16. The lowest BCUT2D eigenvalue weighted by atomic mass is 10.3. The summed E-state index contributed by atoms with van der Waals surface area (Å²) in [7, 11) is 1.65. The lowest BCUT2D eigenvalue weighted by molar-refractivity contribution is -0.114. The Morgan fingerprint density at radius 1 is 1.26 bits per heavy atom. The molecule has 7 nitrogen and oxygen atoms in total. The number of nitrogens with zero attached hydrogens (tertiary/aromatic N) is 1. The van der Waals surface area contributed by atoms with Crippen molar-refractivity contribution >= 4 is 17.6 Å². The third-order valence-electron chi connectivity index (χ3n) is 2.73. The Bertz CT molecular complexity index is 506. The normalized spacial score (nSPS) is 11.0. The molecule has 1 rings (SSSR count). The molecule has 0 fully saturated rings. The minimum atomic E-state index is -0.105. The van der Waals surface area contributed by atoms with Crippen LogP contribution < -0.4 is 20.7 Å². The highest BCUT2D eigenvalue weighted by Gasteiger charge is 2.00. The van der Waals surface area contributed by atoms with Gasteiger partial charge in [0.1, 0.15) is 12.4 Å². The molecule has 0 aliphatic rings. The summed E-state index contributed by atoms with van der Waals surface area (Å²) in [5, 5.41) is 9.06. The maximum atomic E-state index is 11.0. The molecule has 1 amide bonds. The van der Waals surface area contributed by atoms with Gasteiger partial charge in [0.05, 0.1) is 19.7 Å². The first-order valence-electron chi connectivity index (χ1n) is 7.67. The average Bonchev–Trinajstić information content (AvgIpc) is 2.51. The third-order valence-corrected chi connectivity index (χ3v) is 2.73. The number of methoxy groups -OCH3 is 1. The number of aliphatic imine (C=N–C) groups is 1. The number of amides is 1. The Morgan fingerprint density at radius 3 is 2.78 bits per heavy atom. The Hall–Kier alpha value is -2.28. The first kappa shape index (κ1) is 18.8. The summed E-state index contributed by atoms with van der Waals surface area (Å²) in [6, 6.07) is 7.30. The van der Waals surface area contributed by atoms with Crippen molar-refractivity contribution in [2.24, 2.45) is 4.99 Å². The molecular formula is C16H26N4O3. The molecule has 0 aliphatic carbocycles. The summed E-state index contributed by atoms with van der Waals surface area (Å²) in [6.07, 6.45) is 0. The number of benzene rings is 1. The molecule has 0 saturated heterocycles. The van der Waals surface area contributed by atoms with Gasteiger partial charge in [-0.1, -0.05) is 6.07 Å². The van der Waals surface area contributed by atoms with E-state index in [0.717, 1.165) is 18.2 Å². The summed E-state index contributed by atoms with van der Waals surface area (Å²) in [5.74, 6) is 1.34. The van der Waals surface area contributed by atoms with Gasteiger partial charge in [0.25, 0.3) is 0 Å².